The second-order valence-corrected chi connectivity index (χ2v) is 3.61. The van der Waals surface area contributed by atoms with Crippen LogP contribution in [-0.2, 0) is 0 Å². The average molecular weight is 198 g/mol. The minimum absolute atomic E-state index is 0.537. The molecule has 74 valence electrons. The van der Waals surface area contributed by atoms with Crippen molar-refractivity contribution >= 4 is 12.0 Å². The summed E-state index contributed by atoms with van der Waals surface area (Å²) in [6, 6.07) is 7.26. The van der Waals surface area contributed by atoms with Gasteiger partial charge in [0.05, 0.1) is 11.3 Å². The molecule has 15 heavy (non-hydrogen) atoms. The van der Waals surface area contributed by atoms with Crippen LogP contribution in [0.4, 0.5) is 5.69 Å². The van der Waals surface area contributed by atoms with E-state index in [-0.39, 0.29) is 0 Å². The fourth-order valence-corrected chi connectivity index (χ4v) is 1.66. The molecule has 1 heterocycles. The lowest BCUT2D eigenvalue weighted by Gasteiger charge is -2.36. The van der Waals surface area contributed by atoms with Gasteiger partial charge in [0.2, 0.25) is 0 Å². The predicted molar refractivity (Wildman–Crippen MR) is 57.9 cm³/mol. The third-order valence-corrected chi connectivity index (χ3v) is 2.45. The van der Waals surface area contributed by atoms with Gasteiger partial charge < -0.3 is 4.90 Å². The number of nitrogens with zero attached hydrogens (tertiary/aromatic N) is 2. The Hall–Kier alpha value is -2.08. The van der Waals surface area contributed by atoms with Gasteiger partial charge in [0.25, 0.3) is 0 Å². The zero-order chi connectivity index (χ0) is 10.8. The molecule has 0 aromatic heterocycles. The van der Waals surface area contributed by atoms with E-state index in [1.165, 1.54) is 5.57 Å². The van der Waals surface area contributed by atoms with Crippen molar-refractivity contribution in [2.45, 2.75) is 0 Å². The van der Waals surface area contributed by atoms with E-state index >= 15 is 0 Å². The molecule has 1 aliphatic heterocycles. The zero-order valence-corrected chi connectivity index (χ0v) is 8.23. The number of aldehydes is 1. The van der Waals surface area contributed by atoms with Crippen LogP contribution < -0.4 is 4.90 Å². The SMILES string of the molecule is C=C1CN(c2ccc(C=O)cc2C#N)C1. The first-order chi connectivity index (χ1) is 7.24. The minimum atomic E-state index is 0.537. The van der Waals surface area contributed by atoms with Crippen LogP contribution in [0.15, 0.2) is 30.4 Å². The van der Waals surface area contributed by atoms with E-state index in [1.54, 1.807) is 12.1 Å². The Kier molecular flexibility index (Phi) is 2.26. The van der Waals surface area contributed by atoms with Crippen LogP contribution in [0.25, 0.3) is 0 Å². The van der Waals surface area contributed by atoms with Crippen molar-refractivity contribution in [2.75, 3.05) is 18.0 Å². The average Bonchev–Trinajstić information content (AvgIpc) is 2.24. The summed E-state index contributed by atoms with van der Waals surface area (Å²) in [5, 5.41) is 8.96. The molecule has 2 rings (SSSR count). The van der Waals surface area contributed by atoms with Gasteiger partial charge in [-0.05, 0) is 23.8 Å². The van der Waals surface area contributed by atoms with E-state index in [2.05, 4.69) is 17.5 Å². The van der Waals surface area contributed by atoms with Crippen molar-refractivity contribution in [1.29, 1.82) is 5.26 Å². The highest BCUT2D eigenvalue weighted by atomic mass is 16.1. The standard InChI is InChI=1S/C12H10N2O/c1-9-6-14(7-9)12-3-2-10(8-15)4-11(12)5-13/h2-4,8H,1,6-7H2. The Labute approximate surface area is 88.2 Å². The summed E-state index contributed by atoms with van der Waals surface area (Å²) < 4.78 is 0. The molecule has 0 radical (unpaired) electrons. The van der Waals surface area contributed by atoms with Gasteiger partial charge in [-0.3, -0.25) is 4.79 Å². The van der Waals surface area contributed by atoms with Gasteiger partial charge in [-0.25, -0.2) is 0 Å². The molecule has 0 amide bonds. The van der Waals surface area contributed by atoms with Gasteiger partial charge in [-0.2, -0.15) is 5.26 Å². The van der Waals surface area contributed by atoms with Crippen LogP contribution in [-0.4, -0.2) is 19.4 Å². The smallest absolute Gasteiger partial charge is 0.150 e. The normalized spacial score (nSPS) is 14.3. The van der Waals surface area contributed by atoms with E-state index in [0.717, 1.165) is 25.1 Å². The van der Waals surface area contributed by atoms with Gasteiger partial charge >= 0.3 is 0 Å². The zero-order valence-electron chi connectivity index (χ0n) is 8.23. The molecular weight excluding hydrogens is 188 g/mol. The van der Waals surface area contributed by atoms with E-state index in [4.69, 9.17) is 5.26 Å². The molecule has 1 aromatic rings. The van der Waals surface area contributed by atoms with E-state index in [0.29, 0.717) is 11.1 Å². The van der Waals surface area contributed by atoms with E-state index < -0.39 is 0 Å². The summed E-state index contributed by atoms with van der Waals surface area (Å²) in [6.07, 6.45) is 0.750. The van der Waals surface area contributed by atoms with Crippen LogP contribution in [0.3, 0.4) is 0 Å². The number of carbonyl (C=O) groups is 1. The highest BCUT2D eigenvalue weighted by Gasteiger charge is 2.20. The highest BCUT2D eigenvalue weighted by Crippen LogP contribution is 2.26. The Bertz CT molecular complexity index is 463. The second kappa shape index (κ2) is 3.58. The Morgan fingerprint density at radius 1 is 1.47 bits per heavy atom. The topological polar surface area (TPSA) is 44.1 Å². The van der Waals surface area contributed by atoms with Crippen LogP contribution in [0.2, 0.25) is 0 Å². The summed E-state index contributed by atoms with van der Waals surface area (Å²) in [4.78, 5) is 12.6. The molecule has 3 heteroatoms. The molecule has 0 saturated carbocycles. The highest BCUT2D eigenvalue weighted by molar-refractivity contribution is 5.78. The number of benzene rings is 1. The first-order valence-corrected chi connectivity index (χ1v) is 4.65. The first kappa shape index (κ1) is 9.47. The fourth-order valence-electron chi connectivity index (χ4n) is 1.66. The molecule has 0 spiro atoms. The van der Waals surface area contributed by atoms with Crippen LogP contribution >= 0.6 is 0 Å². The number of nitriles is 1. The monoisotopic (exact) mass is 198 g/mol. The van der Waals surface area contributed by atoms with Gasteiger partial charge in [0.1, 0.15) is 12.4 Å². The summed E-state index contributed by atoms with van der Waals surface area (Å²) in [6.45, 7) is 5.45. The number of hydrogen-bond acceptors (Lipinski definition) is 3. The third kappa shape index (κ3) is 1.62. The van der Waals surface area contributed by atoms with Gasteiger partial charge in [0, 0.05) is 18.7 Å². The lowest BCUT2D eigenvalue weighted by molar-refractivity contribution is 0.112. The van der Waals surface area contributed by atoms with Crippen molar-refractivity contribution in [1.82, 2.24) is 0 Å². The van der Waals surface area contributed by atoms with E-state index in [1.807, 2.05) is 6.07 Å². The van der Waals surface area contributed by atoms with Crippen molar-refractivity contribution in [3.63, 3.8) is 0 Å². The summed E-state index contributed by atoms with van der Waals surface area (Å²) in [5.74, 6) is 0. The molecule has 1 aromatic carbocycles. The molecule has 0 atom stereocenters. The molecule has 0 unspecified atom stereocenters. The maximum Gasteiger partial charge on any atom is 0.150 e. The van der Waals surface area contributed by atoms with Gasteiger partial charge in [0.15, 0.2) is 0 Å². The Morgan fingerprint density at radius 2 is 2.20 bits per heavy atom. The number of carbonyl (C=O) groups excluding carboxylic acids is 1. The lowest BCUT2D eigenvalue weighted by atomic mass is 10.0. The number of anilines is 1. The molecule has 1 fully saturated rings. The number of rotatable bonds is 2. The minimum Gasteiger partial charge on any atom is -0.362 e. The molecule has 3 nitrogen and oxygen atoms in total. The molecule has 1 saturated heterocycles. The summed E-state index contributed by atoms with van der Waals surface area (Å²) >= 11 is 0. The molecule has 0 bridgehead atoms. The largest absolute Gasteiger partial charge is 0.362 e. The number of hydrogen-bond donors (Lipinski definition) is 0. The first-order valence-electron chi connectivity index (χ1n) is 4.65. The molecular formula is C12H10N2O. The van der Waals surface area contributed by atoms with Crippen LogP contribution in [0, 0.1) is 11.3 Å². The lowest BCUT2D eigenvalue weighted by Crippen LogP contribution is -2.39. The fraction of sp³-hybridized carbons (Fsp3) is 0.167. The van der Waals surface area contributed by atoms with Crippen molar-refractivity contribution in [2.24, 2.45) is 0 Å². The Balaban J connectivity index is 2.36. The molecule has 0 N–H and O–H groups in total. The maximum atomic E-state index is 10.6. The second-order valence-electron chi connectivity index (χ2n) is 3.61. The van der Waals surface area contributed by atoms with Crippen LogP contribution in [0.5, 0.6) is 0 Å². The third-order valence-electron chi connectivity index (χ3n) is 2.45. The van der Waals surface area contributed by atoms with Gasteiger partial charge in [-0.1, -0.05) is 6.58 Å². The van der Waals surface area contributed by atoms with E-state index in [9.17, 15) is 4.79 Å². The quantitative estimate of drug-likeness (QED) is 0.537. The summed E-state index contributed by atoms with van der Waals surface area (Å²) in [5.41, 5.74) is 3.13. The van der Waals surface area contributed by atoms with Crippen molar-refractivity contribution in [3.05, 3.63) is 41.5 Å². The Morgan fingerprint density at radius 3 is 2.73 bits per heavy atom. The van der Waals surface area contributed by atoms with Crippen molar-refractivity contribution < 1.29 is 4.79 Å². The molecule has 0 aliphatic carbocycles. The van der Waals surface area contributed by atoms with Crippen LogP contribution in [0.1, 0.15) is 15.9 Å². The van der Waals surface area contributed by atoms with Crippen molar-refractivity contribution in [3.8, 4) is 6.07 Å². The summed E-state index contributed by atoms with van der Waals surface area (Å²) in [7, 11) is 0. The van der Waals surface area contributed by atoms with Gasteiger partial charge in [-0.15, -0.1) is 0 Å². The predicted octanol–water partition coefficient (Wildman–Crippen LogP) is 1.75. The molecule has 1 aliphatic rings. The maximum absolute atomic E-state index is 10.6.